The first kappa shape index (κ1) is 7.11. The van der Waals surface area contributed by atoms with Crippen LogP contribution < -0.4 is 0 Å². The van der Waals surface area contributed by atoms with Gasteiger partial charge in [-0.05, 0) is 34.5 Å². The van der Waals surface area contributed by atoms with Crippen LogP contribution in [0, 0.1) is 6.07 Å². The second kappa shape index (κ2) is 2.82. The molecule has 57 valence electrons. The molecule has 12 heavy (non-hydrogen) atoms. The maximum Gasteiger partial charge on any atom is -0.00990 e. The number of fused-ring (bicyclic) bond motifs is 1. The monoisotopic (exact) mass is 153 g/mol. The van der Waals surface area contributed by atoms with Gasteiger partial charge in [0.1, 0.15) is 0 Å². The van der Waals surface area contributed by atoms with E-state index in [0.717, 1.165) is 5.56 Å². The van der Waals surface area contributed by atoms with Crippen molar-refractivity contribution in [2.24, 2.45) is 0 Å². The fraction of sp³-hybridized carbons (Fsp3) is 0. The third-order valence-electron chi connectivity index (χ3n) is 1.92. The zero-order valence-electron chi connectivity index (χ0n) is 6.75. The lowest BCUT2D eigenvalue weighted by Gasteiger charge is -1.97. The largest absolute Gasteiger partial charge is 0.0984 e. The van der Waals surface area contributed by atoms with Crippen LogP contribution in [-0.2, 0) is 0 Å². The lowest BCUT2D eigenvalue weighted by molar-refractivity contribution is 1.70. The number of hydrogen-bond acceptors (Lipinski definition) is 0. The Morgan fingerprint density at radius 3 is 2.67 bits per heavy atom. The van der Waals surface area contributed by atoms with Gasteiger partial charge in [-0.1, -0.05) is 36.9 Å². The molecule has 0 bridgehead atoms. The summed E-state index contributed by atoms with van der Waals surface area (Å²) in [6.45, 7) is 3.71. The Morgan fingerprint density at radius 2 is 1.92 bits per heavy atom. The maximum absolute atomic E-state index is 3.71. The quantitative estimate of drug-likeness (QED) is 0.589. The van der Waals surface area contributed by atoms with Crippen LogP contribution >= 0.6 is 0 Å². The van der Waals surface area contributed by atoms with E-state index in [1.165, 1.54) is 10.8 Å². The zero-order chi connectivity index (χ0) is 8.39. The van der Waals surface area contributed by atoms with Gasteiger partial charge >= 0.3 is 0 Å². The molecule has 2 aromatic carbocycles. The topological polar surface area (TPSA) is 0 Å². The van der Waals surface area contributed by atoms with E-state index in [-0.39, 0.29) is 0 Å². The molecule has 0 nitrogen and oxygen atoms in total. The van der Waals surface area contributed by atoms with Crippen LogP contribution in [0.5, 0.6) is 0 Å². The lowest BCUT2D eigenvalue weighted by Crippen LogP contribution is -1.74. The Hall–Kier alpha value is -1.56. The molecule has 0 heteroatoms. The van der Waals surface area contributed by atoms with Gasteiger partial charge in [0.25, 0.3) is 0 Å². The Balaban J connectivity index is 2.75. The average molecular weight is 153 g/mol. The van der Waals surface area contributed by atoms with E-state index in [2.05, 4.69) is 30.8 Å². The van der Waals surface area contributed by atoms with Gasteiger partial charge in [-0.25, -0.2) is 0 Å². The van der Waals surface area contributed by atoms with E-state index < -0.39 is 0 Å². The third kappa shape index (κ3) is 1.12. The predicted molar refractivity (Wildman–Crippen MR) is 52.9 cm³/mol. The maximum atomic E-state index is 3.71. The molecule has 0 aromatic heterocycles. The summed E-state index contributed by atoms with van der Waals surface area (Å²) >= 11 is 0. The summed E-state index contributed by atoms with van der Waals surface area (Å²) in [6, 6.07) is 15.5. The molecule has 0 heterocycles. The summed E-state index contributed by atoms with van der Waals surface area (Å²) in [5, 5.41) is 2.47. The van der Waals surface area contributed by atoms with Crippen molar-refractivity contribution in [2.45, 2.75) is 0 Å². The highest BCUT2D eigenvalue weighted by Gasteiger charge is 1.91. The first-order valence-corrected chi connectivity index (χ1v) is 3.93. The normalized spacial score (nSPS) is 10.0. The van der Waals surface area contributed by atoms with Crippen LogP contribution in [0.3, 0.4) is 0 Å². The van der Waals surface area contributed by atoms with Crippen molar-refractivity contribution in [3.05, 3.63) is 54.6 Å². The van der Waals surface area contributed by atoms with Crippen molar-refractivity contribution in [2.75, 3.05) is 0 Å². The standard InChI is InChI=1S/C12H9/c1-2-10-7-8-11-5-3-4-6-12(11)9-10/h2-6,8-9H,1H2. The molecule has 1 radical (unpaired) electrons. The smallest absolute Gasteiger partial charge is 0.00990 e. The van der Waals surface area contributed by atoms with E-state index in [0.29, 0.717) is 0 Å². The van der Waals surface area contributed by atoms with Crippen molar-refractivity contribution in [1.29, 1.82) is 0 Å². The number of hydrogen-bond donors (Lipinski definition) is 0. The van der Waals surface area contributed by atoms with Crippen molar-refractivity contribution < 1.29 is 0 Å². The Morgan fingerprint density at radius 1 is 1.17 bits per heavy atom. The van der Waals surface area contributed by atoms with Gasteiger partial charge in [0.05, 0.1) is 0 Å². The van der Waals surface area contributed by atoms with Crippen LogP contribution in [0.25, 0.3) is 16.8 Å². The molecule has 2 rings (SSSR count). The van der Waals surface area contributed by atoms with Crippen LogP contribution in [-0.4, -0.2) is 0 Å². The fourth-order valence-corrected chi connectivity index (χ4v) is 1.26. The molecule has 0 saturated heterocycles. The molecule has 0 saturated carbocycles. The Kier molecular flexibility index (Phi) is 1.67. The summed E-state index contributed by atoms with van der Waals surface area (Å²) in [6.07, 6.45) is 1.81. The van der Waals surface area contributed by atoms with Crippen LogP contribution in [0.4, 0.5) is 0 Å². The Labute approximate surface area is 72.2 Å². The molecule has 0 amide bonds. The Bertz CT molecular complexity index is 413. The summed E-state index contributed by atoms with van der Waals surface area (Å²) in [5.41, 5.74) is 1.05. The van der Waals surface area contributed by atoms with Crippen LogP contribution in [0.2, 0.25) is 0 Å². The van der Waals surface area contributed by atoms with Crippen molar-refractivity contribution >= 4 is 16.8 Å². The van der Waals surface area contributed by atoms with E-state index in [9.17, 15) is 0 Å². The summed E-state index contributed by atoms with van der Waals surface area (Å²) in [4.78, 5) is 0. The van der Waals surface area contributed by atoms with Crippen molar-refractivity contribution in [1.82, 2.24) is 0 Å². The minimum absolute atomic E-state index is 1.05. The minimum Gasteiger partial charge on any atom is -0.0984 e. The SMILES string of the molecule is C=Cc1[c]cc2ccccc2c1. The molecule has 0 fully saturated rings. The van der Waals surface area contributed by atoms with Crippen LogP contribution in [0.15, 0.2) is 43.0 Å². The fourth-order valence-electron chi connectivity index (χ4n) is 1.26. The van der Waals surface area contributed by atoms with Gasteiger partial charge in [0.2, 0.25) is 0 Å². The molecule has 2 aromatic rings. The summed E-state index contributed by atoms with van der Waals surface area (Å²) in [7, 11) is 0. The van der Waals surface area contributed by atoms with Crippen molar-refractivity contribution in [3.63, 3.8) is 0 Å². The summed E-state index contributed by atoms with van der Waals surface area (Å²) < 4.78 is 0. The minimum atomic E-state index is 1.05. The second-order valence-electron chi connectivity index (χ2n) is 2.72. The molecule has 0 atom stereocenters. The lowest BCUT2D eigenvalue weighted by atomic mass is 10.1. The van der Waals surface area contributed by atoms with E-state index in [4.69, 9.17) is 0 Å². The highest BCUT2D eigenvalue weighted by atomic mass is 14.0. The van der Waals surface area contributed by atoms with Crippen LogP contribution in [0.1, 0.15) is 5.56 Å². The highest BCUT2D eigenvalue weighted by molar-refractivity contribution is 5.84. The van der Waals surface area contributed by atoms with Gasteiger partial charge in [-0.15, -0.1) is 0 Å². The van der Waals surface area contributed by atoms with E-state index in [1.54, 1.807) is 0 Å². The van der Waals surface area contributed by atoms with Gasteiger partial charge in [0.15, 0.2) is 0 Å². The molecule has 0 aliphatic rings. The molecular formula is C12H9. The molecule has 0 aliphatic heterocycles. The van der Waals surface area contributed by atoms with Gasteiger partial charge in [-0.2, -0.15) is 0 Å². The molecule has 0 spiro atoms. The summed E-state index contributed by atoms with van der Waals surface area (Å²) in [5.74, 6) is 0. The third-order valence-corrected chi connectivity index (χ3v) is 1.92. The van der Waals surface area contributed by atoms with Gasteiger partial charge < -0.3 is 0 Å². The van der Waals surface area contributed by atoms with Crippen molar-refractivity contribution in [3.8, 4) is 0 Å². The number of rotatable bonds is 1. The number of benzene rings is 2. The molecule has 0 unspecified atom stereocenters. The first-order chi connectivity index (χ1) is 5.90. The molecule has 0 N–H and O–H groups in total. The zero-order valence-corrected chi connectivity index (χ0v) is 6.75. The average Bonchev–Trinajstić information content (AvgIpc) is 2.17. The molecular weight excluding hydrogens is 144 g/mol. The van der Waals surface area contributed by atoms with E-state index in [1.807, 2.05) is 24.3 Å². The first-order valence-electron chi connectivity index (χ1n) is 3.93. The molecule has 0 aliphatic carbocycles. The second-order valence-corrected chi connectivity index (χ2v) is 2.72. The van der Waals surface area contributed by atoms with E-state index >= 15 is 0 Å². The van der Waals surface area contributed by atoms with Gasteiger partial charge in [0, 0.05) is 0 Å². The van der Waals surface area contributed by atoms with Gasteiger partial charge in [-0.3, -0.25) is 0 Å². The predicted octanol–water partition coefficient (Wildman–Crippen LogP) is 3.28. The highest BCUT2D eigenvalue weighted by Crippen LogP contribution is 2.15.